The molecule has 0 spiro atoms. The summed E-state index contributed by atoms with van der Waals surface area (Å²) >= 11 is 0. The lowest BCUT2D eigenvalue weighted by Gasteiger charge is -2.06. The molecule has 4 heteroatoms. The van der Waals surface area contributed by atoms with Crippen LogP contribution in [0.3, 0.4) is 0 Å². The van der Waals surface area contributed by atoms with E-state index in [1.54, 1.807) is 6.92 Å². The summed E-state index contributed by atoms with van der Waals surface area (Å²) < 4.78 is 2.09. The molecule has 0 aliphatic rings. The minimum absolute atomic E-state index is 0.158. The van der Waals surface area contributed by atoms with Crippen LogP contribution in [-0.4, -0.2) is 28.2 Å². The van der Waals surface area contributed by atoms with Crippen molar-refractivity contribution in [2.24, 2.45) is 0 Å². The van der Waals surface area contributed by atoms with Gasteiger partial charge < -0.3 is 15.0 Å². The van der Waals surface area contributed by atoms with Crippen LogP contribution in [0.1, 0.15) is 22.8 Å². The van der Waals surface area contributed by atoms with Gasteiger partial charge in [-0.15, -0.1) is 0 Å². The van der Waals surface area contributed by atoms with E-state index >= 15 is 0 Å². The van der Waals surface area contributed by atoms with E-state index in [-0.39, 0.29) is 12.5 Å². The Hall–Kier alpha value is -2.59. The number of nitrogens with one attached hydrogen (secondary N) is 1. The molecule has 0 fully saturated rings. The highest BCUT2D eigenvalue weighted by molar-refractivity contribution is 6.07. The molecule has 1 heterocycles. The summed E-state index contributed by atoms with van der Waals surface area (Å²) in [5, 5.41) is 13.0. The molecule has 23 heavy (non-hydrogen) atoms. The fourth-order valence-corrected chi connectivity index (χ4v) is 2.67. The molecule has 1 atom stereocenters. The molecule has 0 saturated heterocycles. The highest BCUT2D eigenvalue weighted by Gasteiger charge is 2.15. The zero-order valence-electron chi connectivity index (χ0n) is 13.1. The summed E-state index contributed by atoms with van der Waals surface area (Å²) in [5.41, 5.74) is 2.85. The van der Waals surface area contributed by atoms with E-state index in [4.69, 9.17) is 0 Å². The number of hydrogen-bond donors (Lipinski definition) is 2. The molecule has 1 amide bonds. The van der Waals surface area contributed by atoms with Crippen molar-refractivity contribution in [2.45, 2.75) is 19.6 Å². The molecule has 1 unspecified atom stereocenters. The first-order valence-electron chi connectivity index (χ1n) is 7.73. The Kier molecular flexibility index (Phi) is 4.44. The van der Waals surface area contributed by atoms with E-state index < -0.39 is 6.10 Å². The molecule has 0 saturated carbocycles. The van der Waals surface area contributed by atoms with Crippen molar-refractivity contribution in [1.29, 1.82) is 0 Å². The number of aliphatic hydroxyl groups excluding tert-OH is 1. The number of rotatable bonds is 5. The normalized spacial score (nSPS) is 12.3. The van der Waals surface area contributed by atoms with E-state index in [9.17, 15) is 9.90 Å². The number of carbonyl (C=O) groups is 1. The first-order valence-corrected chi connectivity index (χ1v) is 7.73. The minimum atomic E-state index is -0.559. The smallest absolute Gasteiger partial charge is 0.253 e. The zero-order chi connectivity index (χ0) is 16.2. The van der Waals surface area contributed by atoms with Crippen molar-refractivity contribution in [3.63, 3.8) is 0 Å². The molecule has 3 aromatic rings. The zero-order valence-corrected chi connectivity index (χ0v) is 13.1. The second-order valence-electron chi connectivity index (χ2n) is 5.73. The third kappa shape index (κ3) is 3.43. The number of benzene rings is 2. The van der Waals surface area contributed by atoms with Crippen LogP contribution in [0.25, 0.3) is 10.9 Å². The number of aromatic nitrogens is 1. The van der Waals surface area contributed by atoms with Crippen molar-refractivity contribution in [3.05, 3.63) is 71.9 Å². The van der Waals surface area contributed by atoms with Gasteiger partial charge in [-0.1, -0.05) is 48.5 Å². The van der Waals surface area contributed by atoms with Gasteiger partial charge in [0, 0.05) is 30.2 Å². The molecule has 4 nitrogen and oxygen atoms in total. The molecule has 118 valence electrons. The summed E-state index contributed by atoms with van der Waals surface area (Å²) in [7, 11) is 0. The molecular formula is C19H20N2O2. The fraction of sp³-hybridized carbons (Fsp3) is 0.211. The lowest BCUT2D eigenvalue weighted by atomic mass is 10.1. The second kappa shape index (κ2) is 6.67. The van der Waals surface area contributed by atoms with Crippen molar-refractivity contribution in [3.8, 4) is 0 Å². The maximum Gasteiger partial charge on any atom is 0.253 e. The van der Waals surface area contributed by atoms with Gasteiger partial charge >= 0.3 is 0 Å². The SMILES string of the molecule is CC(O)CNC(=O)c1cn(Cc2ccccc2)c2ccccc12. The predicted octanol–water partition coefficient (Wildman–Crippen LogP) is 2.80. The van der Waals surface area contributed by atoms with Gasteiger partial charge in [0.2, 0.25) is 0 Å². The Labute approximate surface area is 135 Å². The summed E-state index contributed by atoms with van der Waals surface area (Å²) in [6, 6.07) is 18.0. The second-order valence-corrected chi connectivity index (χ2v) is 5.73. The third-order valence-corrected chi connectivity index (χ3v) is 3.79. The van der Waals surface area contributed by atoms with Crippen molar-refractivity contribution >= 4 is 16.8 Å². The Morgan fingerprint density at radius 3 is 2.57 bits per heavy atom. The number of aliphatic hydroxyl groups is 1. The van der Waals surface area contributed by atoms with Crippen LogP contribution in [0.2, 0.25) is 0 Å². The maximum absolute atomic E-state index is 12.4. The van der Waals surface area contributed by atoms with E-state index in [1.165, 1.54) is 5.56 Å². The molecule has 2 N–H and O–H groups in total. The summed E-state index contributed by atoms with van der Waals surface area (Å²) in [4.78, 5) is 12.4. The molecule has 1 aromatic heterocycles. The van der Waals surface area contributed by atoms with Gasteiger partial charge in [0.25, 0.3) is 5.91 Å². The van der Waals surface area contributed by atoms with E-state index in [0.717, 1.165) is 10.9 Å². The van der Waals surface area contributed by atoms with Gasteiger partial charge in [0.15, 0.2) is 0 Å². The van der Waals surface area contributed by atoms with Crippen LogP contribution in [0.15, 0.2) is 60.8 Å². The topological polar surface area (TPSA) is 54.3 Å². The number of carbonyl (C=O) groups excluding carboxylic acids is 1. The number of para-hydroxylation sites is 1. The minimum Gasteiger partial charge on any atom is -0.392 e. The Balaban J connectivity index is 1.95. The number of amides is 1. The van der Waals surface area contributed by atoms with Crippen LogP contribution in [0.5, 0.6) is 0 Å². The van der Waals surface area contributed by atoms with Gasteiger partial charge in [0.1, 0.15) is 0 Å². The van der Waals surface area contributed by atoms with Gasteiger partial charge in [-0.2, -0.15) is 0 Å². The van der Waals surface area contributed by atoms with Gasteiger partial charge in [-0.25, -0.2) is 0 Å². The predicted molar refractivity (Wildman–Crippen MR) is 91.5 cm³/mol. The highest BCUT2D eigenvalue weighted by atomic mass is 16.3. The van der Waals surface area contributed by atoms with Crippen LogP contribution in [0.4, 0.5) is 0 Å². The molecular weight excluding hydrogens is 288 g/mol. The first kappa shape index (κ1) is 15.3. The molecule has 0 bridgehead atoms. The van der Waals surface area contributed by atoms with Crippen molar-refractivity contribution in [2.75, 3.05) is 6.54 Å². The Morgan fingerprint density at radius 2 is 1.83 bits per heavy atom. The highest BCUT2D eigenvalue weighted by Crippen LogP contribution is 2.22. The molecule has 3 rings (SSSR count). The first-order chi connectivity index (χ1) is 11.1. The van der Waals surface area contributed by atoms with Gasteiger partial charge in [-0.05, 0) is 18.6 Å². The largest absolute Gasteiger partial charge is 0.392 e. The van der Waals surface area contributed by atoms with Gasteiger partial charge in [0.05, 0.1) is 11.7 Å². The standard InChI is InChI=1S/C19H20N2O2/c1-14(22)11-20-19(23)17-13-21(12-15-7-3-2-4-8-15)18-10-6-5-9-16(17)18/h2-10,13-14,22H,11-12H2,1H3,(H,20,23). The Bertz CT molecular complexity index is 807. The lowest BCUT2D eigenvalue weighted by molar-refractivity contribution is 0.0925. The molecule has 2 aromatic carbocycles. The molecule has 0 radical (unpaired) electrons. The van der Waals surface area contributed by atoms with Crippen molar-refractivity contribution < 1.29 is 9.90 Å². The number of hydrogen-bond acceptors (Lipinski definition) is 2. The quantitative estimate of drug-likeness (QED) is 0.761. The summed E-state index contributed by atoms with van der Waals surface area (Å²) in [6.07, 6.45) is 1.33. The molecule has 0 aliphatic carbocycles. The van der Waals surface area contributed by atoms with Crippen molar-refractivity contribution in [1.82, 2.24) is 9.88 Å². The maximum atomic E-state index is 12.4. The van der Waals surface area contributed by atoms with Crippen LogP contribution >= 0.6 is 0 Å². The van der Waals surface area contributed by atoms with Crippen LogP contribution in [-0.2, 0) is 6.54 Å². The molecule has 0 aliphatic heterocycles. The number of fused-ring (bicyclic) bond motifs is 1. The van der Waals surface area contributed by atoms with E-state index in [0.29, 0.717) is 12.1 Å². The van der Waals surface area contributed by atoms with Crippen LogP contribution in [0, 0.1) is 0 Å². The fourth-order valence-electron chi connectivity index (χ4n) is 2.67. The average molecular weight is 308 g/mol. The summed E-state index contributed by atoms with van der Waals surface area (Å²) in [5.74, 6) is -0.158. The van der Waals surface area contributed by atoms with E-state index in [2.05, 4.69) is 22.0 Å². The van der Waals surface area contributed by atoms with E-state index in [1.807, 2.05) is 48.7 Å². The van der Waals surface area contributed by atoms with Gasteiger partial charge in [-0.3, -0.25) is 4.79 Å². The summed E-state index contributed by atoms with van der Waals surface area (Å²) in [6.45, 7) is 2.61. The average Bonchev–Trinajstić information content (AvgIpc) is 2.92. The lowest BCUT2D eigenvalue weighted by Crippen LogP contribution is -2.30. The third-order valence-electron chi connectivity index (χ3n) is 3.79. The Morgan fingerprint density at radius 1 is 1.13 bits per heavy atom. The number of nitrogens with zero attached hydrogens (tertiary/aromatic N) is 1. The monoisotopic (exact) mass is 308 g/mol. The van der Waals surface area contributed by atoms with Crippen LogP contribution < -0.4 is 5.32 Å².